The van der Waals surface area contributed by atoms with Crippen molar-refractivity contribution < 1.29 is 47.1 Å². The van der Waals surface area contributed by atoms with E-state index in [1.165, 1.54) is 168 Å². The molecule has 0 saturated heterocycles. The smallest absolute Gasteiger partial charge is 0.305 e. The second-order valence-electron chi connectivity index (χ2n) is 19.7. The van der Waals surface area contributed by atoms with Crippen LogP contribution in [0.2, 0.25) is 0 Å². The van der Waals surface area contributed by atoms with Crippen molar-refractivity contribution in [2.75, 3.05) is 80.8 Å². The normalized spacial score (nSPS) is 11.8. The summed E-state index contributed by atoms with van der Waals surface area (Å²) in [7, 11) is 8.83. The van der Waals surface area contributed by atoms with Gasteiger partial charge in [0, 0.05) is 26.7 Å². The van der Waals surface area contributed by atoms with Gasteiger partial charge in [0.15, 0.2) is 0 Å². The number of hydrogen-bond acceptors (Lipinski definition) is 8. The van der Waals surface area contributed by atoms with Gasteiger partial charge in [-0.05, 0) is 51.4 Å². The number of unbranched alkanes of at least 4 members (excludes halogenated alkanes) is 29. The van der Waals surface area contributed by atoms with Gasteiger partial charge in [-0.1, -0.05) is 154 Å². The number of likely N-dealkylation sites (N-methyl/N-ethyl adjacent to an activating group) is 2. The standard InChI is InChI=1S/C52H102N2O8/c1-49(55)59-47-43-53(3,4)41-35-29-23-17-13-19-25-31-37-45-61-51(57)39-33-27-21-15-11-9-7-8-10-12-16-22-28-34-40-52(58)62-46-38-32-26-20-14-18-24-30-36-42-54(5,6)44-48-60-50(2)56/h7-48H2,1-6H3/q+2. The summed E-state index contributed by atoms with van der Waals surface area (Å²) in [6.07, 6.45) is 40.2. The quantitative estimate of drug-likeness (QED) is 0.0258. The van der Waals surface area contributed by atoms with Crippen molar-refractivity contribution in [1.29, 1.82) is 0 Å². The third-order valence-corrected chi connectivity index (χ3v) is 12.4. The highest BCUT2D eigenvalue weighted by molar-refractivity contribution is 5.69. The van der Waals surface area contributed by atoms with Crippen LogP contribution in [0.25, 0.3) is 0 Å². The number of carbonyl (C=O) groups is 4. The number of nitrogens with zero attached hydrogens (tertiary/aromatic N) is 2. The number of ether oxygens (including phenoxy) is 4. The molecule has 10 heteroatoms. The molecule has 0 rings (SSSR count). The Morgan fingerprint density at radius 3 is 0.758 bits per heavy atom. The van der Waals surface area contributed by atoms with Crippen molar-refractivity contribution in [3.63, 3.8) is 0 Å². The summed E-state index contributed by atoms with van der Waals surface area (Å²) < 4.78 is 22.9. The van der Waals surface area contributed by atoms with Gasteiger partial charge in [0.2, 0.25) is 0 Å². The van der Waals surface area contributed by atoms with Gasteiger partial charge in [-0.25, -0.2) is 0 Å². The van der Waals surface area contributed by atoms with E-state index in [4.69, 9.17) is 18.9 Å². The van der Waals surface area contributed by atoms with Crippen molar-refractivity contribution in [2.24, 2.45) is 0 Å². The molecule has 0 aromatic heterocycles. The van der Waals surface area contributed by atoms with Gasteiger partial charge < -0.3 is 27.9 Å². The highest BCUT2D eigenvalue weighted by Crippen LogP contribution is 2.16. The Hall–Kier alpha value is -2.20. The zero-order valence-corrected chi connectivity index (χ0v) is 41.9. The number of hydrogen-bond donors (Lipinski definition) is 0. The molecule has 0 amide bonds. The molecule has 62 heavy (non-hydrogen) atoms. The first-order chi connectivity index (χ1) is 29.8. The van der Waals surface area contributed by atoms with E-state index in [9.17, 15) is 19.2 Å². The fourth-order valence-corrected chi connectivity index (χ4v) is 8.03. The van der Waals surface area contributed by atoms with E-state index in [0.717, 1.165) is 86.5 Å². The minimum absolute atomic E-state index is 0.0192. The summed E-state index contributed by atoms with van der Waals surface area (Å²) in [5.41, 5.74) is 0. The molecule has 0 spiro atoms. The highest BCUT2D eigenvalue weighted by Gasteiger charge is 2.16. The number of quaternary nitrogens is 2. The maximum absolute atomic E-state index is 12.1. The van der Waals surface area contributed by atoms with Gasteiger partial charge in [-0.3, -0.25) is 19.2 Å². The Bertz CT molecular complexity index is 983. The Labute approximate surface area is 382 Å². The monoisotopic (exact) mass is 883 g/mol. The molecule has 0 bridgehead atoms. The molecule has 0 fully saturated rings. The molecule has 0 aromatic carbocycles. The summed E-state index contributed by atoms with van der Waals surface area (Å²) in [5, 5.41) is 0. The summed E-state index contributed by atoms with van der Waals surface area (Å²) in [6, 6.07) is 0. The van der Waals surface area contributed by atoms with E-state index in [-0.39, 0.29) is 23.9 Å². The largest absolute Gasteiger partial charge is 0.466 e. The molecule has 0 heterocycles. The van der Waals surface area contributed by atoms with E-state index in [1.807, 2.05) is 0 Å². The first kappa shape index (κ1) is 59.8. The fourth-order valence-electron chi connectivity index (χ4n) is 8.03. The van der Waals surface area contributed by atoms with Crippen LogP contribution < -0.4 is 0 Å². The van der Waals surface area contributed by atoms with E-state index >= 15 is 0 Å². The van der Waals surface area contributed by atoms with Crippen molar-refractivity contribution in [3.8, 4) is 0 Å². The second kappa shape index (κ2) is 42.7. The third kappa shape index (κ3) is 47.3. The molecule has 0 aliphatic rings. The molecule has 0 unspecified atom stereocenters. The lowest BCUT2D eigenvalue weighted by Crippen LogP contribution is -2.43. The summed E-state index contributed by atoms with van der Waals surface area (Å²) in [4.78, 5) is 46.0. The topological polar surface area (TPSA) is 105 Å². The Morgan fingerprint density at radius 2 is 0.500 bits per heavy atom. The zero-order valence-electron chi connectivity index (χ0n) is 41.9. The first-order valence-corrected chi connectivity index (χ1v) is 26.0. The lowest BCUT2D eigenvalue weighted by Gasteiger charge is -2.29. The Kier molecular flexibility index (Phi) is 41.2. The van der Waals surface area contributed by atoms with Crippen LogP contribution in [0.4, 0.5) is 0 Å². The van der Waals surface area contributed by atoms with Crippen molar-refractivity contribution in [2.45, 2.75) is 232 Å². The SMILES string of the molecule is CC(=O)OCC[N+](C)(C)CCCCCCCCCCCOC(=O)CCCCCCCCCCCCCCCCC(=O)OCCCCCCCCCCC[N+](C)(C)CCOC(C)=O. The average Bonchev–Trinajstić information content (AvgIpc) is 3.20. The molecule has 10 nitrogen and oxygen atoms in total. The van der Waals surface area contributed by atoms with Crippen LogP contribution in [0.1, 0.15) is 232 Å². The molecule has 0 saturated carbocycles. The molecule has 0 aliphatic heterocycles. The Morgan fingerprint density at radius 1 is 0.274 bits per heavy atom. The maximum Gasteiger partial charge on any atom is 0.305 e. The highest BCUT2D eigenvalue weighted by atomic mass is 16.5. The summed E-state index contributed by atoms with van der Waals surface area (Å²) in [6.45, 7) is 9.10. The van der Waals surface area contributed by atoms with Gasteiger partial charge in [0.05, 0.1) is 54.5 Å². The van der Waals surface area contributed by atoms with Gasteiger partial charge in [-0.15, -0.1) is 0 Å². The number of rotatable bonds is 47. The van der Waals surface area contributed by atoms with Crippen LogP contribution in [-0.2, 0) is 38.1 Å². The van der Waals surface area contributed by atoms with Crippen LogP contribution in [0, 0.1) is 0 Å². The molecule has 0 atom stereocenters. The van der Waals surface area contributed by atoms with E-state index in [2.05, 4.69) is 28.2 Å². The van der Waals surface area contributed by atoms with Crippen LogP contribution in [0.5, 0.6) is 0 Å². The first-order valence-electron chi connectivity index (χ1n) is 26.0. The molecule has 366 valence electrons. The third-order valence-electron chi connectivity index (χ3n) is 12.4. The molecular weight excluding hydrogens is 781 g/mol. The zero-order chi connectivity index (χ0) is 45.8. The number of esters is 4. The minimum Gasteiger partial charge on any atom is -0.466 e. The Balaban J connectivity index is 3.32. The van der Waals surface area contributed by atoms with E-state index in [1.54, 1.807) is 0 Å². The van der Waals surface area contributed by atoms with E-state index < -0.39 is 0 Å². The molecule has 0 aliphatic carbocycles. The van der Waals surface area contributed by atoms with Gasteiger partial charge in [0.1, 0.15) is 26.3 Å². The molecule has 0 aromatic rings. The molecule has 0 radical (unpaired) electrons. The molecular formula is C52H102N2O8+2. The second-order valence-corrected chi connectivity index (χ2v) is 19.7. The van der Waals surface area contributed by atoms with Crippen molar-refractivity contribution in [1.82, 2.24) is 0 Å². The van der Waals surface area contributed by atoms with Gasteiger partial charge >= 0.3 is 23.9 Å². The molecule has 0 N–H and O–H groups in total. The fraction of sp³-hybridized carbons (Fsp3) is 0.923. The predicted molar refractivity (Wildman–Crippen MR) is 256 cm³/mol. The maximum atomic E-state index is 12.1. The van der Waals surface area contributed by atoms with Crippen molar-refractivity contribution >= 4 is 23.9 Å². The minimum atomic E-state index is -0.195. The summed E-state index contributed by atoms with van der Waals surface area (Å²) >= 11 is 0. The van der Waals surface area contributed by atoms with Gasteiger partial charge in [0.25, 0.3) is 0 Å². The summed E-state index contributed by atoms with van der Waals surface area (Å²) in [5.74, 6) is -0.429. The van der Waals surface area contributed by atoms with Crippen LogP contribution >= 0.6 is 0 Å². The van der Waals surface area contributed by atoms with Crippen molar-refractivity contribution in [3.05, 3.63) is 0 Å². The van der Waals surface area contributed by atoms with Crippen LogP contribution in [0.15, 0.2) is 0 Å². The average molecular weight is 883 g/mol. The lowest BCUT2D eigenvalue weighted by molar-refractivity contribution is -0.890. The van der Waals surface area contributed by atoms with Crippen LogP contribution in [-0.4, -0.2) is 114 Å². The van der Waals surface area contributed by atoms with E-state index in [0.29, 0.717) is 39.3 Å². The predicted octanol–water partition coefficient (Wildman–Crippen LogP) is 12.6. The van der Waals surface area contributed by atoms with Crippen LogP contribution in [0.3, 0.4) is 0 Å². The van der Waals surface area contributed by atoms with Gasteiger partial charge in [-0.2, -0.15) is 0 Å². The number of carbonyl (C=O) groups excluding carboxylic acids is 4. The lowest BCUT2D eigenvalue weighted by atomic mass is 10.0.